The Morgan fingerprint density at radius 1 is 1.27 bits per heavy atom. The molecule has 1 fully saturated rings. The molecule has 0 aliphatic carbocycles. The largest absolute Gasteiger partial charge is 0.348 e. The molecule has 5 nitrogen and oxygen atoms in total. The van der Waals surface area contributed by atoms with Crippen molar-refractivity contribution >= 4 is 11.5 Å². The van der Waals surface area contributed by atoms with Crippen LogP contribution < -0.4 is 4.90 Å². The van der Waals surface area contributed by atoms with Gasteiger partial charge in [0, 0.05) is 18.3 Å². The third kappa shape index (κ3) is 2.49. The predicted molar refractivity (Wildman–Crippen MR) is 78.0 cm³/mol. The number of aromatic nitrogens is 1. The minimum absolute atomic E-state index is 0.0641. The van der Waals surface area contributed by atoms with Crippen LogP contribution in [0.25, 0.3) is 11.1 Å². The summed E-state index contributed by atoms with van der Waals surface area (Å²) in [4.78, 5) is 16.5. The van der Waals surface area contributed by atoms with Gasteiger partial charge in [0.25, 0.3) is 0 Å². The van der Waals surface area contributed by atoms with E-state index >= 15 is 0 Å². The average Bonchev–Trinajstić information content (AvgIpc) is 2.93. The summed E-state index contributed by atoms with van der Waals surface area (Å²) in [6, 6.07) is 7.25. The molecule has 7 heteroatoms. The van der Waals surface area contributed by atoms with Crippen LogP contribution in [0.2, 0.25) is 0 Å². The standard InChI is InChI=1S/C15H13F2N3O2/c16-10-6-8-19(9-10)15-14(20(21)22)12(5-7-18-15)11-3-1-2-4-13(11)17/h1-5,7,10H,6,8-9H2. The molecule has 1 aromatic carbocycles. The number of hydrogen-bond acceptors (Lipinski definition) is 4. The first-order valence-electron chi connectivity index (χ1n) is 6.85. The van der Waals surface area contributed by atoms with Crippen LogP contribution in [-0.2, 0) is 0 Å². The van der Waals surface area contributed by atoms with Crippen LogP contribution in [0.3, 0.4) is 0 Å². The molecular formula is C15H13F2N3O2. The number of benzene rings is 1. The zero-order valence-corrected chi connectivity index (χ0v) is 11.6. The molecule has 0 radical (unpaired) electrons. The summed E-state index contributed by atoms with van der Waals surface area (Å²) < 4.78 is 27.4. The molecule has 0 saturated carbocycles. The lowest BCUT2D eigenvalue weighted by Crippen LogP contribution is -2.22. The molecule has 2 aromatic rings. The fourth-order valence-electron chi connectivity index (χ4n) is 2.66. The lowest BCUT2D eigenvalue weighted by molar-refractivity contribution is -0.383. The molecule has 1 atom stereocenters. The van der Waals surface area contributed by atoms with Crippen molar-refractivity contribution in [1.82, 2.24) is 4.98 Å². The number of anilines is 1. The van der Waals surface area contributed by atoms with Gasteiger partial charge in [0.15, 0.2) is 0 Å². The van der Waals surface area contributed by atoms with Gasteiger partial charge in [0.2, 0.25) is 5.82 Å². The van der Waals surface area contributed by atoms with Crippen molar-refractivity contribution in [3.05, 3.63) is 52.5 Å². The summed E-state index contributed by atoms with van der Waals surface area (Å²) in [7, 11) is 0. The van der Waals surface area contributed by atoms with Gasteiger partial charge in [-0.25, -0.2) is 13.8 Å². The Balaban J connectivity index is 2.16. The number of nitrogens with zero attached hydrogens (tertiary/aromatic N) is 3. The molecule has 0 amide bonds. The smallest absolute Gasteiger partial charge is 0.319 e. The first-order chi connectivity index (χ1) is 10.6. The molecule has 114 valence electrons. The van der Waals surface area contributed by atoms with E-state index in [2.05, 4.69) is 4.98 Å². The molecule has 0 bridgehead atoms. The SMILES string of the molecule is O=[N+]([O-])c1c(-c2ccccc2F)ccnc1N1CCC(F)C1. The van der Waals surface area contributed by atoms with Crippen LogP contribution >= 0.6 is 0 Å². The quantitative estimate of drug-likeness (QED) is 0.644. The fraction of sp³-hybridized carbons (Fsp3) is 0.267. The van der Waals surface area contributed by atoms with E-state index in [1.807, 2.05) is 0 Å². The second-order valence-corrected chi connectivity index (χ2v) is 5.10. The summed E-state index contributed by atoms with van der Waals surface area (Å²) in [5.74, 6) is -0.460. The molecule has 0 N–H and O–H groups in total. The van der Waals surface area contributed by atoms with E-state index in [0.29, 0.717) is 13.0 Å². The number of rotatable bonds is 3. The van der Waals surface area contributed by atoms with Crippen LogP contribution in [0.4, 0.5) is 20.3 Å². The highest BCUT2D eigenvalue weighted by Gasteiger charge is 2.31. The Bertz CT molecular complexity index is 724. The Morgan fingerprint density at radius 3 is 2.68 bits per heavy atom. The van der Waals surface area contributed by atoms with Gasteiger partial charge in [-0.3, -0.25) is 10.1 Å². The van der Waals surface area contributed by atoms with Crippen LogP contribution in [0.1, 0.15) is 6.42 Å². The summed E-state index contributed by atoms with van der Waals surface area (Å²) in [5.41, 5.74) is -0.00838. The number of hydrogen-bond donors (Lipinski definition) is 0. The molecule has 1 aromatic heterocycles. The van der Waals surface area contributed by atoms with Gasteiger partial charge < -0.3 is 4.90 Å². The molecule has 1 aliphatic heterocycles. The van der Waals surface area contributed by atoms with Crippen molar-refractivity contribution < 1.29 is 13.7 Å². The van der Waals surface area contributed by atoms with Crippen LogP contribution in [0.15, 0.2) is 36.5 Å². The minimum atomic E-state index is -1.03. The Kier molecular flexibility index (Phi) is 3.70. The topological polar surface area (TPSA) is 59.3 Å². The number of halogens is 2. The molecule has 0 spiro atoms. The predicted octanol–water partition coefficient (Wildman–Crippen LogP) is 3.34. The second kappa shape index (κ2) is 5.67. The van der Waals surface area contributed by atoms with Gasteiger partial charge in [-0.15, -0.1) is 0 Å². The van der Waals surface area contributed by atoms with E-state index in [1.54, 1.807) is 6.07 Å². The van der Waals surface area contributed by atoms with Gasteiger partial charge in [0.1, 0.15) is 12.0 Å². The van der Waals surface area contributed by atoms with Crippen molar-refractivity contribution in [2.75, 3.05) is 18.0 Å². The van der Waals surface area contributed by atoms with Crippen LogP contribution in [0.5, 0.6) is 0 Å². The molecule has 1 unspecified atom stereocenters. The van der Waals surface area contributed by atoms with E-state index in [9.17, 15) is 18.9 Å². The van der Waals surface area contributed by atoms with E-state index in [-0.39, 0.29) is 29.2 Å². The zero-order chi connectivity index (χ0) is 15.7. The van der Waals surface area contributed by atoms with Crippen LogP contribution in [0, 0.1) is 15.9 Å². The normalized spacial score (nSPS) is 17.7. The minimum Gasteiger partial charge on any atom is -0.348 e. The monoisotopic (exact) mass is 305 g/mol. The summed E-state index contributed by atoms with van der Waals surface area (Å²) in [6.45, 7) is 0.421. The van der Waals surface area contributed by atoms with E-state index < -0.39 is 16.9 Å². The van der Waals surface area contributed by atoms with Gasteiger partial charge in [-0.05, 0) is 18.6 Å². The van der Waals surface area contributed by atoms with Crippen molar-refractivity contribution in [3.63, 3.8) is 0 Å². The maximum absolute atomic E-state index is 14.0. The summed E-state index contributed by atoms with van der Waals surface area (Å²) >= 11 is 0. The summed E-state index contributed by atoms with van der Waals surface area (Å²) in [5, 5.41) is 11.5. The van der Waals surface area contributed by atoms with E-state index in [0.717, 1.165) is 0 Å². The summed E-state index contributed by atoms with van der Waals surface area (Å²) in [6.07, 6.45) is 0.664. The zero-order valence-electron chi connectivity index (χ0n) is 11.6. The molecule has 1 aliphatic rings. The van der Waals surface area contributed by atoms with Crippen molar-refractivity contribution in [2.24, 2.45) is 0 Å². The number of pyridine rings is 1. The maximum atomic E-state index is 14.0. The second-order valence-electron chi connectivity index (χ2n) is 5.10. The van der Waals surface area contributed by atoms with E-state index in [1.165, 1.54) is 35.4 Å². The highest BCUT2D eigenvalue weighted by atomic mass is 19.1. The lowest BCUT2D eigenvalue weighted by atomic mass is 10.0. The molecule has 1 saturated heterocycles. The van der Waals surface area contributed by atoms with Crippen LogP contribution in [-0.4, -0.2) is 29.2 Å². The van der Waals surface area contributed by atoms with Crippen molar-refractivity contribution in [1.29, 1.82) is 0 Å². The Morgan fingerprint density at radius 2 is 2.05 bits per heavy atom. The average molecular weight is 305 g/mol. The Labute approximate surface area is 125 Å². The third-order valence-corrected chi connectivity index (χ3v) is 3.68. The highest BCUT2D eigenvalue weighted by molar-refractivity contribution is 5.80. The maximum Gasteiger partial charge on any atom is 0.319 e. The lowest BCUT2D eigenvalue weighted by Gasteiger charge is -2.17. The fourth-order valence-corrected chi connectivity index (χ4v) is 2.66. The first-order valence-corrected chi connectivity index (χ1v) is 6.85. The van der Waals surface area contributed by atoms with Gasteiger partial charge in [-0.1, -0.05) is 18.2 Å². The van der Waals surface area contributed by atoms with Gasteiger partial charge in [0.05, 0.1) is 17.0 Å². The molecule has 22 heavy (non-hydrogen) atoms. The molecule has 3 rings (SSSR count). The number of alkyl halides is 1. The third-order valence-electron chi connectivity index (χ3n) is 3.68. The highest BCUT2D eigenvalue weighted by Crippen LogP contribution is 2.38. The van der Waals surface area contributed by atoms with Gasteiger partial charge >= 0.3 is 5.69 Å². The Hall–Kier alpha value is -2.57. The van der Waals surface area contributed by atoms with Gasteiger partial charge in [-0.2, -0.15) is 0 Å². The first kappa shape index (κ1) is 14.4. The number of nitro groups is 1. The van der Waals surface area contributed by atoms with E-state index in [4.69, 9.17) is 0 Å². The molecule has 2 heterocycles. The van der Waals surface area contributed by atoms with Crippen molar-refractivity contribution in [3.8, 4) is 11.1 Å². The van der Waals surface area contributed by atoms with Crippen molar-refractivity contribution in [2.45, 2.75) is 12.6 Å². The molecular weight excluding hydrogens is 292 g/mol.